The number of hydrogen-bond acceptors (Lipinski definition) is 4. The number of nitriles is 1. The van der Waals surface area contributed by atoms with E-state index in [1.54, 1.807) is 7.11 Å². The quantitative estimate of drug-likeness (QED) is 0.788. The van der Waals surface area contributed by atoms with Crippen LogP contribution in [0.3, 0.4) is 0 Å². The second-order valence-corrected chi connectivity index (χ2v) is 4.47. The highest BCUT2D eigenvalue weighted by Gasteiger charge is 2.06. The number of benzene rings is 2. The summed E-state index contributed by atoms with van der Waals surface area (Å²) in [6, 6.07) is 17.7. The minimum absolute atomic E-state index is 0.465. The Balaban J connectivity index is 2.05. The zero-order chi connectivity index (χ0) is 14.9. The van der Waals surface area contributed by atoms with Crippen molar-refractivity contribution in [2.75, 3.05) is 19.0 Å². The Labute approximate surface area is 124 Å². The van der Waals surface area contributed by atoms with Crippen molar-refractivity contribution in [2.24, 2.45) is 0 Å². The van der Waals surface area contributed by atoms with E-state index in [0.29, 0.717) is 31.1 Å². The Kier molecular flexibility index (Phi) is 5.48. The van der Waals surface area contributed by atoms with Crippen molar-refractivity contribution in [3.63, 3.8) is 0 Å². The van der Waals surface area contributed by atoms with Crippen molar-refractivity contribution in [3.05, 3.63) is 54.1 Å². The van der Waals surface area contributed by atoms with Crippen molar-refractivity contribution in [1.82, 2.24) is 0 Å². The molecule has 21 heavy (non-hydrogen) atoms. The lowest BCUT2D eigenvalue weighted by Crippen LogP contribution is -2.02. The molecule has 0 spiro atoms. The number of ether oxygens (including phenoxy) is 2. The van der Waals surface area contributed by atoms with Crippen LogP contribution in [0.1, 0.15) is 12.0 Å². The lowest BCUT2D eigenvalue weighted by molar-refractivity contribution is 0.284. The predicted octanol–water partition coefficient (Wildman–Crippen LogP) is 3.60. The van der Waals surface area contributed by atoms with Crippen molar-refractivity contribution < 1.29 is 9.47 Å². The van der Waals surface area contributed by atoms with Crippen LogP contribution in [0, 0.1) is 11.3 Å². The van der Waals surface area contributed by atoms with E-state index in [-0.39, 0.29) is 0 Å². The third-order valence-corrected chi connectivity index (χ3v) is 2.97. The first-order valence-corrected chi connectivity index (χ1v) is 6.79. The molecular formula is C17H18N2O2. The van der Waals surface area contributed by atoms with Gasteiger partial charge in [-0.05, 0) is 17.7 Å². The molecule has 0 heterocycles. The van der Waals surface area contributed by atoms with Crippen LogP contribution in [0.15, 0.2) is 48.5 Å². The maximum atomic E-state index is 8.56. The summed E-state index contributed by atoms with van der Waals surface area (Å²) in [4.78, 5) is 0. The second kappa shape index (κ2) is 7.81. The van der Waals surface area contributed by atoms with Crippen LogP contribution in [0.25, 0.3) is 0 Å². The first-order chi connectivity index (χ1) is 10.3. The molecule has 108 valence electrons. The van der Waals surface area contributed by atoms with E-state index in [4.69, 9.17) is 14.7 Å². The molecule has 0 bridgehead atoms. The molecule has 0 atom stereocenters. The summed E-state index contributed by atoms with van der Waals surface area (Å²) in [7, 11) is 1.62. The summed E-state index contributed by atoms with van der Waals surface area (Å²) in [5.74, 6) is 1.38. The third kappa shape index (κ3) is 4.43. The fraction of sp³-hybridized carbons (Fsp3) is 0.235. The molecule has 0 saturated heterocycles. The molecule has 0 amide bonds. The van der Waals surface area contributed by atoms with E-state index in [9.17, 15) is 0 Å². The van der Waals surface area contributed by atoms with Gasteiger partial charge in [-0.15, -0.1) is 0 Å². The smallest absolute Gasteiger partial charge is 0.163 e. The van der Waals surface area contributed by atoms with E-state index in [2.05, 4.69) is 11.4 Å². The zero-order valence-corrected chi connectivity index (χ0v) is 12.0. The minimum Gasteiger partial charge on any atom is -0.493 e. The van der Waals surface area contributed by atoms with Gasteiger partial charge in [-0.2, -0.15) is 5.26 Å². The molecule has 1 N–H and O–H groups in total. The number of hydrogen-bond donors (Lipinski definition) is 1. The standard InChI is InChI=1S/C17H18N2O2/c1-20-16-9-8-15(19-11-5-10-18)12-17(16)21-13-14-6-3-2-4-7-14/h2-4,6-9,12,19H,5,11,13H2,1H3. The summed E-state index contributed by atoms with van der Waals surface area (Å²) in [5, 5.41) is 11.7. The molecular weight excluding hydrogens is 264 g/mol. The Morgan fingerprint density at radius 2 is 1.90 bits per heavy atom. The molecule has 0 aliphatic rings. The van der Waals surface area contributed by atoms with Gasteiger partial charge in [0.1, 0.15) is 6.61 Å². The van der Waals surface area contributed by atoms with E-state index in [1.165, 1.54) is 0 Å². The normalized spacial score (nSPS) is 9.71. The largest absolute Gasteiger partial charge is 0.493 e. The Bertz CT molecular complexity index is 606. The summed E-state index contributed by atoms with van der Waals surface area (Å²) in [6.45, 7) is 1.10. The van der Waals surface area contributed by atoms with E-state index in [0.717, 1.165) is 11.3 Å². The zero-order valence-electron chi connectivity index (χ0n) is 12.0. The van der Waals surface area contributed by atoms with Crippen LogP contribution in [0.4, 0.5) is 5.69 Å². The number of rotatable bonds is 7. The average molecular weight is 282 g/mol. The second-order valence-electron chi connectivity index (χ2n) is 4.47. The van der Waals surface area contributed by atoms with Gasteiger partial charge in [-0.1, -0.05) is 30.3 Å². The molecule has 0 saturated carbocycles. The van der Waals surface area contributed by atoms with E-state index in [1.807, 2.05) is 48.5 Å². The molecule has 0 aromatic heterocycles. The summed E-state index contributed by atoms with van der Waals surface area (Å²) < 4.78 is 11.1. The number of nitrogens with one attached hydrogen (secondary N) is 1. The van der Waals surface area contributed by atoms with Crippen LogP contribution in [-0.2, 0) is 6.61 Å². The van der Waals surface area contributed by atoms with Gasteiger partial charge in [0, 0.05) is 18.3 Å². The van der Waals surface area contributed by atoms with E-state index < -0.39 is 0 Å². The lowest BCUT2D eigenvalue weighted by atomic mass is 10.2. The Hall–Kier alpha value is -2.67. The topological polar surface area (TPSA) is 54.3 Å². The Morgan fingerprint density at radius 3 is 2.62 bits per heavy atom. The molecule has 2 aromatic rings. The number of methoxy groups -OCH3 is 1. The minimum atomic E-state index is 0.465. The van der Waals surface area contributed by atoms with Crippen molar-refractivity contribution in [3.8, 4) is 17.6 Å². The van der Waals surface area contributed by atoms with Gasteiger partial charge < -0.3 is 14.8 Å². The first-order valence-electron chi connectivity index (χ1n) is 6.79. The summed E-state index contributed by atoms with van der Waals surface area (Å²) in [6.07, 6.45) is 0.465. The SMILES string of the molecule is COc1ccc(NCCC#N)cc1OCc1ccccc1. The maximum absolute atomic E-state index is 8.56. The van der Waals surface area contributed by atoms with Gasteiger partial charge >= 0.3 is 0 Å². The van der Waals surface area contributed by atoms with Crippen LogP contribution in [0.2, 0.25) is 0 Å². The number of anilines is 1. The average Bonchev–Trinajstić information content (AvgIpc) is 2.54. The lowest BCUT2D eigenvalue weighted by Gasteiger charge is -2.13. The molecule has 2 rings (SSSR count). The van der Waals surface area contributed by atoms with Crippen LogP contribution in [-0.4, -0.2) is 13.7 Å². The van der Waals surface area contributed by atoms with Crippen molar-refractivity contribution >= 4 is 5.69 Å². The molecule has 0 aliphatic carbocycles. The van der Waals surface area contributed by atoms with Gasteiger partial charge in [-0.3, -0.25) is 0 Å². The molecule has 0 unspecified atom stereocenters. The summed E-state index contributed by atoms with van der Waals surface area (Å²) >= 11 is 0. The van der Waals surface area contributed by atoms with Crippen LogP contribution in [0.5, 0.6) is 11.5 Å². The molecule has 2 aromatic carbocycles. The van der Waals surface area contributed by atoms with Gasteiger partial charge in [0.2, 0.25) is 0 Å². The molecule has 0 radical (unpaired) electrons. The molecule has 0 aliphatic heterocycles. The highest BCUT2D eigenvalue weighted by molar-refractivity contribution is 5.54. The van der Waals surface area contributed by atoms with E-state index >= 15 is 0 Å². The monoisotopic (exact) mass is 282 g/mol. The fourth-order valence-corrected chi connectivity index (χ4v) is 1.90. The van der Waals surface area contributed by atoms with Crippen molar-refractivity contribution in [1.29, 1.82) is 5.26 Å². The first kappa shape index (κ1) is 14.7. The third-order valence-electron chi connectivity index (χ3n) is 2.97. The van der Waals surface area contributed by atoms with Crippen LogP contribution >= 0.6 is 0 Å². The molecule has 4 nitrogen and oxygen atoms in total. The molecule has 4 heteroatoms. The van der Waals surface area contributed by atoms with Gasteiger partial charge in [0.15, 0.2) is 11.5 Å². The van der Waals surface area contributed by atoms with Crippen molar-refractivity contribution in [2.45, 2.75) is 13.0 Å². The highest BCUT2D eigenvalue weighted by Crippen LogP contribution is 2.30. The fourth-order valence-electron chi connectivity index (χ4n) is 1.90. The summed E-state index contributed by atoms with van der Waals surface area (Å²) in [5.41, 5.74) is 2.01. The van der Waals surface area contributed by atoms with Gasteiger partial charge in [0.05, 0.1) is 19.6 Å². The van der Waals surface area contributed by atoms with Gasteiger partial charge in [0.25, 0.3) is 0 Å². The Morgan fingerprint density at radius 1 is 1.10 bits per heavy atom. The van der Waals surface area contributed by atoms with Crippen LogP contribution < -0.4 is 14.8 Å². The highest BCUT2D eigenvalue weighted by atomic mass is 16.5. The maximum Gasteiger partial charge on any atom is 0.163 e. The van der Waals surface area contributed by atoms with Gasteiger partial charge in [-0.25, -0.2) is 0 Å². The molecule has 0 fully saturated rings. The predicted molar refractivity (Wildman–Crippen MR) is 82.5 cm³/mol. The number of nitrogens with zero attached hydrogens (tertiary/aromatic N) is 1.